The van der Waals surface area contributed by atoms with Crippen molar-refractivity contribution in [2.75, 3.05) is 14.1 Å². The van der Waals surface area contributed by atoms with Crippen LogP contribution in [0, 0.1) is 0 Å². The number of carbonyl (C=O) groups is 1. The lowest BCUT2D eigenvalue weighted by Gasteiger charge is -2.07. The maximum Gasteiger partial charge on any atom is 0.205 e. The van der Waals surface area contributed by atoms with E-state index < -0.39 is 0 Å². The van der Waals surface area contributed by atoms with E-state index >= 15 is 0 Å². The summed E-state index contributed by atoms with van der Waals surface area (Å²) in [5, 5.41) is 0. The van der Waals surface area contributed by atoms with Crippen LogP contribution >= 0.6 is 0 Å². The molecule has 0 aliphatic heterocycles. The van der Waals surface area contributed by atoms with Crippen molar-refractivity contribution in [1.29, 1.82) is 0 Å². The van der Waals surface area contributed by atoms with Crippen LogP contribution in [0.1, 0.15) is 36.6 Å². The van der Waals surface area contributed by atoms with Crippen LogP contribution in [0.4, 0.5) is 0 Å². The van der Waals surface area contributed by atoms with E-state index in [1.807, 2.05) is 30.5 Å². The fourth-order valence-corrected chi connectivity index (χ4v) is 1.69. The van der Waals surface area contributed by atoms with Crippen molar-refractivity contribution < 1.29 is 4.79 Å². The number of hydrogen-bond acceptors (Lipinski definition) is 3. The molecule has 0 unspecified atom stereocenters. The van der Waals surface area contributed by atoms with Crippen molar-refractivity contribution in [1.82, 2.24) is 14.5 Å². The quantitative estimate of drug-likeness (QED) is 0.560. The fraction of sp³-hybridized carbons (Fsp3) is 0.538. The van der Waals surface area contributed by atoms with Crippen molar-refractivity contribution in [3.8, 4) is 0 Å². The first-order chi connectivity index (χ1) is 8.10. The summed E-state index contributed by atoms with van der Waals surface area (Å²) in [4.78, 5) is 18.1. The van der Waals surface area contributed by atoms with Gasteiger partial charge in [0.1, 0.15) is 11.5 Å². The first kappa shape index (κ1) is 13.5. The van der Waals surface area contributed by atoms with Gasteiger partial charge in [-0.2, -0.15) is 0 Å². The lowest BCUT2D eigenvalue weighted by atomic mass is 10.2. The molecule has 0 aliphatic rings. The molecule has 1 aromatic rings. The first-order valence-electron chi connectivity index (χ1n) is 6.03. The van der Waals surface area contributed by atoms with Crippen LogP contribution in [0.15, 0.2) is 18.5 Å². The highest BCUT2D eigenvalue weighted by molar-refractivity contribution is 6.03. The van der Waals surface area contributed by atoms with E-state index in [-0.39, 0.29) is 5.78 Å². The highest BCUT2D eigenvalue weighted by atomic mass is 16.1. The number of aromatic nitrogens is 2. The van der Waals surface area contributed by atoms with Crippen LogP contribution in [0.5, 0.6) is 0 Å². The average Bonchev–Trinajstić information content (AvgIpc) is 2.69. The second-order valence-electron chi connectivity index (χ2n) is 4.20. The molecule has 0 atom stereocenters. The number of hydrogen-bond donors (Lipinski definition) is 0. The maximum atomic E-state index is 12.0. The Kier molecular flexibility index (Phi) is 4.94. The van der Waals surface area contributed by atoms with E-state index in [0.29, 0.717) is 5.69 Å². The zero-order valence-electron chi connectivity index (χ0n) is 11.1. The molecule has 4 nitrogen and oxygen atoms in total. The number of imidazole rings is 1. The Morgan fingerprint density at radius 3 is 2.71 bits per heavy atom. The number of carbonyl (C=O) groups excluding carboxylic acids is 1. The Hall–Kier alpha value is -1.58. The van der Waals surface area contributed by atoms with Gasteiger partial charge in [-0.1, -0.05) is 6.92 Å². The van der Waals surface area contributed by atoms with Crippen LogP contribution < -0.4 is 0 Å². The molecule has 1 rings (SSSR count). The summed E-state index contributed by atoms with van der Waals surface area (Å²) in [6.45, 7) is 4.93. The highest BCUT2D eigenvalue weighted by Crippen LogP contribution is 2.09. The van der Waals surface area contributed by atoms with Crippen molar-refractivity contribution in [3.05, 3.63) is 30.0 Å². The third-order valence-corrected chi connectivity index (χ3v) is 2.50. The minimum absolute atomic E-state index is 0.00963. The predicted octanol–water partition coefficient (Wildman–Crippen LogP) is 2.11. The monoisotopic (exact) mass is 235 g/mol. The Morgan fingerprint density at radius 1 is 1.47 bits per heavy atom. The molecule has 0 spiro atoms. The summed E-state index contributed by atoms with van der Waals surface area (Å²) in [5.74, 6) is 1.01. The molecular weight excluding hydrogens is 214 g/mol. The standard InChI is InChI=1S/C13H21N3O/c1-5-7-13-14-10-11(16(13)6-2)12(17)8-9-15(3)4/h8-10H,5-7H2,1-4H3/b9-8+. The van der Waals surface area contributed by atoms with E-state index in [1.54, 1.807) is 18.5 Å². The van der Waals surface area contributed by atoms with Gasteiger partial charge >= 0.3 is 0 Å². The maximum absolute atomic E-state index is 12.0. The number of ketones is 1. The van der Waals surface area contributed by atoms with Gasteiger partial charge in [0.2, 0.25) is 5.78 Å². The molecule has 0 bridgehead atoms. The van der Waals surface area contributed by atoms with Gasteiger partial charge in [-0.05, 0) is 13.3 Å². The Balaban J connectivity index is 2.94. The van der Waals surface area contributed by atoms with Gasteiger partial charge in [-0.25, -0.2) is 4.98 Å². The summed E-state index contributed by atoms with van der Waals surface area (Å²) in [5.41, 5.74) is 0.675. The van der Waals surface area contributed by atoms with Gasteiger partial charge in [-0.15, -0.1) is 0 Å². The zero-order valence-corrected chi connectivity index (χ0v) is 11.1. The van der Waals surface area contributed by atoms with Crippen molar-refractivity contribution >= 4 is 5.78 Å². The molecule has 1 heterocycles. The molecule has 0 radical (unpaired) electrons. The SMILES string of the molecule is CCCc1ncc(C(=O)/C=C/N(C)C)n1CC. The molecule has 0 aliphatic carbocycles. The van der Waals surface area contributed by atoms with E-state index in [4.69, 9.17) is 0 Å². The van der Waals surface area contributed by atoms with Gasteiger partial charge in [-0.3, -0.25) is 4.79 Å². The van der Waals surface area contributed by atoms with E-state index in [0.717, 1.165) is 25.2 Å². The van der Waals surface area contributed by atoms with Gasteiger partial charge in [0.25, 0.3) is 0 Å². The van der Waals surface area contributed by atoms with E-state index in [9.17, 15) is 4.79 Å². The molecule has 4 heteroatoms. The summed E-state index contributed by atoms with van der Waals surface area (Å²) in [6, 6.07) is 0. The minimum atomic E-state index is 0.00963. The average molecular weight is 235 g/mol. The lowest BCUT2D eigenvalue weighted by Crippen LogP contribution is -2.10. The Labute approximate surface area is 103 Å². The largest absolute Gasteiger partial charge is 0.383 e. The molecule has 1 aromatic heterocycles. The molecular formula is C13H21N3O. The van der Waals surface area contributed by atoms with Crippen LogP contribution in [0.2, 0.25) is 0 Å². The normalized spacial score (nSPS) is 11.1. The zero-order chi connectivity index (χ0) is 12.8. The Bertz CT molecular complexity index is 405. The molecule has 17 heavy (non-hydrogen) atoms. The van der Waals surface area contributed by atoms with Crippen molar-refractivity contribution in [2.24, 2.45) is 0 Å². The van der Waals surface area contributed by atoms with Crippen molar-refractivity contribution in [3.63, 3.8) is 0 Å². The number of rotatable bonds is 6. The molecule has 94 valence electrons. The predicted molar refractivity (Wildman–Crippen MR) is 69.1 cm³/mol. The molecule has 0 saturated heterocycles. The fourth-order valence-electron chi connectivity index (χ4n) is 1.69. The third kappa shape index (κ3) is 3.44. The van der Waals surface area contributed by atoms with E-state index in [1.165, 1.54) is 0 Å². The topological polar surface area (TPSA) is 38.1 Å². The third-order valence-electron chi connectivity index (χ3n) is 2.50. The molecule has 0 N–H and O–H groups in total. The van der Waals surface area contributed by atoms with Gasteiger partial charge in [0.15, 0.2) is 0 Å². The smallest absolute Gasteiger partial charge is 0.205 e. The molecule has 0 amide bonds. The second-order valence-corrected chi connectivity index (χ2v) is 4.20. The highest BCUT2D eigenvalue weighted by Gasteiger charge is 2.12. The summed E-state index contributed by atoms with van der Waals surface area (Å²) >= 11 is 0. The second kappa shape index (κ2) is 6.23. The molecule has 0 fully saturated rings. The van der Waals surface area contributed by atoms with Crippen LogP contribution in [-0.2, 0) is 13.0 Å². The Morgan fingerprint density at radius 2 is 2.18 bits per heavy atom. The van der Waals surface area contributed by atoms with Gasteiger partial charge < -0.3 is 9.47 Å². The van der Waals surface area contributed by atoms with Gasteiger partial charge in [0.05, 0.1) is 6.20 Å². The first-order valence-corrected chi connectivity index (χ1v) is 6.03. The van der Waals surface area contributed by atoms with Crippen LogP contribution in [0.25, 0.3) is 0 Å². The summed E-state index contributed by atoms with van der Waals surface area (Å²) < 4.78 is 1.99. The van der Waals surface area contributed by atoms with E-state index in [2.05, 4.69) is 11.9 Å². The number of allylic oxidation sites excluding steroid dienone is 1. The van der Waals surface area contributed by atoms with Crippen molar-refractivity contribution in [2.45, 2.75) is 33.2 Å². The molecule has 0 saturated carbocycles. The number of aryl methyl sites for hydroxylation is 1. The summed E-state index contributed by atoms with van der Waals surface area (Å²) in [6.07, 6.45) is 6.97. The van der Waals surface area contributed by atoms with Crippen LogP contribution in [-0.4, -0.2) is 34.3 Å². The summed E-state index contributed by atoms with van der Waals surface area (Å²) in [7, 11) is 3.78. The molecule has 0 aromatic carbocycles. The lowest BCUT2D eigenvalue weighted by molar-refractivity contribution is 0.103. The minimum Gasteiger partial charge on any atom is -0.383 e. The number of nitrogens with zero attached hydrogens (tertiary/aromatic N) is 3. The van der Waals surface area contributed by atoms with Crippen LogP contribution in [0.3, 0.4) is 0 Å². The van der Waals surface area contributed by atoms with Gasteiger partial charge in [0, 0.05) is 39.3 Å².